The van der Waals surface area contributed by atoms with Crippen LogP contribution in [0.15, 0.2) is 11.6 Å². The molecule has 0 aliphatic carbocycles. The van der Waals surface area contributed by atoms with Gasteiger partial charge in [0, 0.05) is 5.71 Å². The summed E-state index contributed by atoms with van der Waals surface area (Å²) in [7, 11) is 1.31. The van der Waals surface area contributed by atoms with Crippen LogP contribution in [-0.2, 0) is 9.53 Å². The van der Waals surface area contributed by atoms with Gasteiger partial charge in [-0.25, -0.2) is 4.79 Å². The van der Waals surface area contributed by atoms with Gasteiger partial charge in [0.15, 0.2) is 0 Å². The van der Waals surface area contributed by atoms with Crippen LogP contribution in [-0.4, -0.2) is 18.8 Å². The highest BCUT2D eigenvalue weighted by Crippen LogP contribution is 2.02. The molecular weight excluding hydrogens is 142 g/mol. The fourth-order valence-corrected chi connectivity index (χ4v) is 0.716. The molecule has 0 aromatic carbocycles. The summed E-state index contributed by atoms with van der Waals surface area (Å²) in [5.41, 5.74) is 0.675. The lowest BCUT2D eigenvalue weighted by Crippen LogP contribution is -2.12. The number of esters is 1. The number of rotatable bonds is 3. The molecule has 0 saturated heterocycles. The van der Waals surface area contributed by atoms with Gasteiger partial charge in [-0.15, -0.1) is 0 Å². The Morgan fingerprint density at radius 1 is 1.64 bits per heavy atom. The summed E-state index contributed by atoms with van der Waals surface area (Å²) in [5.74, 6) is -0.431. The average molecular weight is 155 g/mol. The fourth-order valence-electron chi connectivity index (χ4n) is 0.716. The van der Waals surface area contributed by atoms with Gasteiger partial charge in [-0.2, -0.15) is 0 Å². The largest absolute Gasteiger partial charge is 0.465 e. The highest BCUT2D eigenvalue weighted by atomic mass is 16.5. The zero-order chi connectivity index (χ0) is 8.85. The first-order chi connectivity index (χ1) is 5.17. The van der Waals surface area contributed by atoms with Crippen LogP contribution < -0.4 is 0 Å². The zero-order valence-corrected chi connectivity index (χ0v) is 7.10. The molecule has 0 fully saturated rings. The molecule has 0 aliphatic rings. The normalized spacial score (nSPS) is 11.0. The van der Waals surface area contributed by atoms with Crippen molar-refractivity contribution in [2.24, 2.45) is 0 Å². The van der Waals surface area contributed by atoms with Crippen LogP contribution in [0.3, 0.4) is 0 Å². The number of carbonyl (C=O) groups is 1. The van der Waals surface area contributed by atoms with Crippen LogP contribution in [0, 0.1) is 5.41 Å². The average Bonchev–Trinajstić information content (AvgIpc) is 2.05. The molecule has 0 unspecified atom stereocenters. The maximum absolute atomic E-state index is 10.9. The minimum atomic E-state index is -0.431. The number of nitrogens with one attached hydrogen (secondary N) is 1. The van der Waals surface area contributed by atoms with Gasteiger partial charge >= 0.3 is 5.97 Å². The lowest BCUT2D eigenvalue weighted by molar-refractivity contribution is -0.135. The lowest BCUT2D eigenvalue weighted by Gasteiger charge is -2.02. The van der Waals surface area contributed by atoms with E-state index >= 15 is 0 Å². The minimum Gasteiger partial charge on any atom is -0.465 e. The third kappa shape index (κ3) is 2.53. The van der Waals surface area contributed by atoms with Gasteiger partial charge in [0.25, 0.3) is 0 Å². The van der Waals surface area contributed by atoms with Crippen molar-refractivity contribution in [3.63, 3.8) is 0 Å². The molecule has 0 rings (SSSR count). The van der Waals surface area contributed by atoms with Crippen LogP contribution >= 0.6 is 0 Å². The van der Waals surface area contributed by atoms with Gasteiger partial charge in [0.1, 0.15) is 0 Å². The lowest BCUT2D eigenvalue weighted by atomic mass is 10.1. The maximum Gasteiger partial charge on any atom is 0.339 e. The molecule has 0 heterocycles. The van der Waals surface area contributed by atoms with Gasteiger partial charge < -0.3 is 10.1 Å². The number of hydrogen-bond donors (Lipinski definition) is 1. The molecule has 0 radical (unpaired) electrons. The fraction of sp³-hybridized carbons (Fsp3) is 0.500. The Labute approximate surface area is 66.6 Å². The van der Waals surface area contributed by atoms with Crippen molar-refractivity contribution in [2.75, 3.05) is 7.11 Å². The van der Waals surface area contributed by atoms with E-state index in [2.05, 4.69) is 4.74 Å². The smallest absolute Gasteiger partial charge is 0.339 e. The Morgan fingerprint density at radius 3 is 2.45 bits per heavy atom. The Balaban J connectivity index is 4.43. The Bertz CT molecular complexity index is 176. The van der Waals surface area contributed by atoms with Gasteiger partial charge in [-0.05, 0) is 13.3 Å². The maximum atomic E-state index is 10.9. The quantitative estimate of drug-likeness (QED) is 0.382. The summed E-state index contributed by atoms with van der Waals surface area (Å²) in [5, 5.41) is 7.36. The second-order valence-electron chi connectivity index (χ2n) is 2.03. The molecule has 0 aromatic heterocycles. The van der Waals surface area contributed by atoms with Crippen molar-refractivity contribution >= 4 is 11.7 Å². The van der Waals surface area contributed by atoms with E-state index in [1.54, 1.807) is 13.0 Å². The van der Waals surface area contributed by atoms with E-state index in [1.807, 2.05) is 6.92 Å². The third-order valence-corrected chi connectivity index (χ3v) is 1.37. The molecule has 0 bridgehead atoms. The van der Waals surface area contributed by atoms with Crippen LogP contribution in [0.5, 0.6) is 0 Å². The van der Waals surface area contributed by atoms with Gasteiger partial charge in [-0.3, -0.25) is 0 Å². The minimum absolute atomic E-state index is 0.319. The second kappa shape index (κ2) is 4.66. The van der Waals surface area contributed by atoms with Crippen LogP contribution in [0.2, 0.25) is 0 Å². The third-order valence-electron chi connectivity index (χ3n) is 1.37. The standard InChI is InChI=1S/C8H13NO2/c1-4-6(7(9)5-2)8(10)11-3/h4,9H,5H2,1-3H3/b6-4+,9-7?. The predicted octanol–water partition coefficient (Wildman–Crippen LogP) is 1.54. The molecule has 3 nitrogen and oxygen atoms in total. The van der Waals surface area contributed by atoms with Gasteiger partial charge in [0.05, 0.1) is 12.7 Å². The molecular formula is C8H13NO2. The molecule has 11 heavy (non-hydrogen) atoms. The summed E-state index contributed by atoms with van der Waals surface area (Å²) in [6.45, 7) is 3.55. The number of hydrogen-bond acceptors (Lipinski definition) is 3. The first-order valence-electron chi connectivity index (χ1n) is 3.49. The molecule has 3 heteroatoms. The number of methoxy groups -OCH3 is 1. The van der Waals surface area contributed by atoms with Crippen molar-refractivity contribution in [2.45, 2.75) is 20.3 Å². The highest BCUT2D eigenvalue weighted by molar-refractivity contribution is 6.18. The monoisotopic (exact) mass is 155 g/mol. The van der Waals surface area contributed by atoms with Gasteiger partial charge in [-0.1, -0.05) is 13.0 Å². The first-order valence-corrected chi connectivity index (χ1v) is 3.49. The SMILES string of the molecule is C/C=C(\C(=N)CC)C(=O)OC. The Hall–Kier alpha value is -1.12. The van der Waals surface area contributed by atoms with E-state index in [-0.39, 0.29) is 0 Å². The number of carbonyl (C=O) groups excluding carboxylic acids is 1. The summed E-state index contributed by atoms with van der Waals surface area (Å²) in [6, 6.07) is 0. The number of ether oxygens (including phenoxy) is 1. The van der Waals surface area contributed by atoms with E-state index < -0.39 is 5.97 Å². The van der Waals surface area contributed by atoms with Crippen LogP contribution in [0.25, 0.3) is 0 Å². The molecule has 0 atom stereocenters. The van der Waals surface area contributed by atoms with Gasteiger partial charge in [0.2, 0.25) is 0 Å². The number of allylic oxidation sites excluding steroid dienone is 1. The highest BCUT2D eigenvalue weighted by Gasteiger charge is 2.11. The summed E-state index contributed by atoms with van der Waals surface area (Å²) in [4.78, 5) is 10.9. The van der Waals surface area contributed by atoms with E-state index in [1.165, 1.54) is 7.11 Å². The van der Waals surface area contributed by atoms with Crippen molar-refractivity contribution < 1.29 is 9.53 Å². The van der Waals surface area contributed by atoms with Crippen molar-refractivity contribution in [1.82, 2.24) is 0 Å². The Morgan fingerprint density at radius 2 is 2.18 bits per heavy atom. The topological polar surface area (TPSA) is 50.2 Å². The van der Waals surface area contributed by atoms with Crippen molar-refractivity contribution in [1.29, 1.82) is 5.41 Å². The van der Waals surface area contributed by atoms with Crippen LogP contribution in [0.1, 0.15) is 20.3 Å². The predicted molar refractivity (Wildman–Crippen MR) is 43.8 cm³/mol. The molecule has 62 valence electrons. The first kappa shape index (κ1) is 9.88. The Kier molecular flexibility index (Phi) is 4.18. The molecule has 1 N–H and O–H groups in total. The van der Waals surface area contributed by atoms with Crippen molar-refractivity contribution in [3.05, 3.63) is 11.6 Å². The van der Waals surface area contributed by atoms with E-state index in [4.69, 9.17) is 5.41 Å². The molecule has 0 saturated carbocycles. The van der Waals surface area contributed by atoms with Crippen LogP contribution in [0.4, 0.5) is 0 Å². The van der Waals surface area contributed by atoms with Crippen molar-refractivity contribution in [3.8, 4) is 0 Å². The molecule has 0 amide bonds. The van der Waals surface area contributed by atoms with E-state index in [0.717, 1.165) is 0 Å². The second-order valence-corrected chi connectivity index (χ2v) is 2.03. The molecule has 0 aromatic rings. The summed E-state index contributed by atoms with van der Waals surface area (Å²) in [6.07, 6.45) is 2.15. The zero-order valence-electron chi connectivity index (χ0n) is 7.10. The van der Waals surface area contributed by atoms with E-state index in [9.17, 15) is 4.79 Å². The molecule has 0 spiro atoms. The summed E-state index contributed by atoms with van der Waals surface area (Å²) >= 11 is 0. The van der Waals surface area contributed by atoms with E-state index in [0.29, 0.717) is 17.7 Å². The molecule has 0 aliphatic heterocycles. The summed E-state index contributed by atoms with van der Waals surface area (Å²) < 4.78 is 4.48.